The Labute approximate surface area is 105 Å². The highest BCUT2D eigenvalue weighted by Gasteiger charge is 2.23. The van der Waals surface area contributed by atoms with Gasteiger partial charge in [0.2, 0.25) is 0 Å². The molecular formula is C10H19N3OS2. The van der Waals surface area contributed by atoms with Crippen LogP contribution in [-0.2, 0) is 0 Å². The topological polar surface area (TPSA) is 58.0 Å². The average Bonchev–Trinajstić information content (AvgIpc) is 2.70. The van der Waals surface area contributed by atoms with E-state index in [4.69, 9.17) is 0 Å². The van der Waals surface area contributed by atoms with Crippen molar-refractivity contribution in [3.8, 4) is 0 Å². The van der Waals surface area contributed by atoms with E-state index in [1.807, 2.05) is 13.8 Å². The highest BCUT2D eigenvalue weighted by Crippen LogP contribution is 2.24. The van der Waals surface area contributed by atoms with Gasteiger partial charge in [-0.05, 0) is 38.3 Å². The number of hydrogen-bond acceptors (Lipinski definition) is 6. The number of hydrogen-bond donors (Lipinski definition) is 2. The van der Waals surface area contributed by atoms with Gasteiger partial charge < -0.3 is 10.4 Å². The molecule has 0 aliphatic rings. The minimum absolute atomic E-state index is 0.137. The van der Waals surface area contributed by atoms with Crippen molar-refractivity contribution >= 4 is 23.3 Å². The molecule has 4 nitrogen and oxygen atoms in total. The number of aliphatic hydroxyl groups excluding tert-OH is 1. The van der Waals surface area contributed by atoms with Crippen molar-refractivity contribution in [2.45, 2.75) is 37.1 Å². The molecule has 6 heteroatoms. The Bertz CT molecular complexity index is 319. The van der Waals surface area contributed by atoms with Crippen LogP contribution in [0, 0.1) is 6.92 Å². The van der Waals surface area contributed by atoms with Gasteiger partial charge in [0.25, 0.3) is 0 Å². The second-order valence-electron chi connectivity index (χ2n) is 4.04. The fraction of sp³-hybridized carbons (Fsp3) is 0.800. The molecule has 1 heterocycles. The van der Waals surface area contributed by atoms with Gasteiger partial charge in [0.1, 0.15) is 5.82 Å². The second kappa shape index (κ2) is 6.54. The molecule has 2 N–H and O–H groups in total. The monoisotopic (exact) mass is 261 g/mol. The van der Waals surface area contributed by atoms with Crippen molar-refractivity contribution in [1.29, 1.82) is 0 Å². The molecule has 1 atom stereocenters. The van der Waals surface area contributed by atoms with E-state index in [1.54, 1.807) is 11.8 Å². The maximum Gasteiger partial charge on any atom is 0.170 e. The SMILES string of the molecule is CCCNC(C)(CO)CSc1nc(C)ns1. The lowest BCUT2D eigenvalue weighted by Crippen LogP contribution is -2.48. The van der Waals surface area contributed by atoms with Crippen LogP contribution in [0.15, 0.2) is 4.34 Å². The maximum atomic E-state index is 9.39. The molecule has 0 bridgehead atoms. The first-order valence-electron chi connectivity index (χ1n) is 5.38. The molecule has 0 saturated carbocycles. The number of aromatic nitrogens is 2. The van der Waals surface area contributed by atoms with Crippen molar-refractivity contribution in [2.75, 3.05) is 18.9 Å². The molecule has 16 heavy (non-hydrogen) atoms. The average molecular weight is 261 g/mol. The molecule has 0 amide bonds. The third-order valence-corrected chi connectivity index (χ3v) is 4.47. The van der Waals surface area contributed by atoms with Crippen LogP contribution in [0.5, 0.6) is 0 Å². The molecular weight excluding hydrogens is 242 g/mol. The lowest BCUT2D eigenvalue weighted by molar-refractivity contribution is 0.192. The normalized spacial score (nSPS) is 15.0. The highest BCUT2D eigenvalue weighted by molar-refractivity contribution is 8.01. The molecule has 0 radical (unpaired) electrons. The highest BCUT2D eigenvalue weighted by atomic mass is 32.2. The number of nitrogens with one attached hydrogen (secondary N) is 1. The molecule has 1 rings (SSSR count). The van der Waals surface area contributed by atoms with Crippen LogP contribution in [0.25, 0.3) is 0 Å². The molecule has 1 aromatic heterocycles. The van der Waals surface area contributed by atoms with E-state index in [9.17, 15) is 5.11 Å². The van der Waals surface area contributed by atoms with Crippen LogP contribution >= 0.6 is 23.3 Å². The summed E-state index contributed by atoms with van der Waals surface area (Å²) in [6, 6.07) is 0. The summed E-state index contributed by atoms with van der Waals surface area (Å²) in [5.74, 6) is 1.62. The molecule has 1 unspecified atom stereocenters. The smallest absolute Gasteiger partial charge is 0.170 e. The summed E-state index contributed by atoms with van der Waals surface area (Å²) in [6.45, 7) is 7.10. The zero-order valence-electron chi connectivity index (χ0n) is 9.99. The first kappa shape index (κ1) is 13.9. The van der Waals surface area contributed by atoms with Crippen LogP contribution in [0.1, 0.15) is 26.1 Å². The number of rotatable bonds is 7. The van der Waals surface area contributed by atoms with E-state index in [-0.39, 0.29) is 12.1 Å². The van der Waals surface area contributed by atoms with Gasteiger partial charge in [0, 0.05) is 11.3 Å². The first-order chi connectivity index (χ1) is 7.59. The van der Waals surface area contributed by atoms with Crippen LogP contribution in [0.2, 0.25) is 0 Å². The standard InChI is InChI=1S/C10H19N3OS2/c1-4-5-11-10(3,6-14)7-15-9-12-8(2)13-16-9/h11,14H,4-7H2,1-3H3. The van der Waals surface area contributed by atoms with Crippen molar-refractivity contribution < 1.29 is 5.11 Å². The van der Waals surface area contributed by atoms with Crippen molar-refractivity contribution in [3.05, 3.63) is 5.82 Å². The zero-order valence-corrected chi connectivity index (χ0v) is 11.6. The number of thioether (sulfide) groups is 1. The van der Waals surface area contributed by atoms with E-state index >= 15 is 0 Å². The number of aryl methyl sites for hydroxylation is 1. The van der Waals surface area contributed by atoms with Crippen LogP contribution in [0.3, 0.4) is 0 Å². The number of aliphatic hydroxyl groups is 1. The Hall–Kier alpha value is -0.170. The maximum absolute atomic E-state index is 9.39. The Morgan fingerprint density at radius 2 is 2.31 bits per heavy atom. The Morgan fingerprint density at radius 3 is 2.81 bits per heavy atom. The van der Waals surface area contributed by atoms with Gasteiger partial charge in [-0.25, -0.2) is 4.98 Å². The molecule has 0 fully saturated rings. The van der Waals surface area contributed by atoms with Gasteiger partial charge in [0.15, 0.2) is 4.34 Å². The molecule has 92 valence electrons. The van der Waals surface area contributed by atoms with Crippen molar-refractivity contribution in [2.24, 2.45) is 0 Å². The minimum atomic E-state index is -0.236. The summed E-state index contributed by atoms with van der Waals surface area (Å²) in [5.41, 5.74) is -0.236. The summed E-state index contributed by atoms with van der Waals surface area (Å²) in [6.07, 6.45) is 1.07. The zero-order chi connectivity index (χ0) is 12.0. The van der Waals surface area contributed by atoms with E-state index in [0.29, 0.717) is 0 Å². The summed E-state index contributed by atoms with van der Waals surface area (Å²) in [5, 5.41) is 12.7. The van der Waals surface area contributed by atoms with E-state index in [2.05, 4.69) is 21.6 Å². The molecule has 0 saturated heterocycles. The summed E-state index contributed by atoms with van der Waals surface area (Å²) >= 11 is 3.06. The fourth-order valence-corrected chi connectivity index (χ4v) is 2.89. The Balaban J connectivity index is 2.44. The van der Waals surface area contributed by atoms with E-state index in [1.165, 1.54) is 11.5 Å². The molecule has 0 spiro atoms. The quantitative estimate of drug-likeness (QED) is 0.732. The molecule has 0 aromatic carbocycles. The Kier molecular flexibility index (Phi) is 5.68. The fourth-order valence-electron chi connectivity index (χ4n) is 1.14. The van der Waals surface area contributed by atoms with Gasteiger partial charge in [-0.3, -0.25) is 0 Å². The second-order valence-corrected chi connectivity index (χ2v) is 6.02. The lowest BCUT2D eigenvalue weighted by Gasteiger charge is -2.27. The van der Waals surface area contributed by atoms with Crippen molar-refractivity contribution in [3.63, 3.8) is 0 Å². The van der Waals surface area contributed by atoms with Gasteiger partial charge in [0.05, 0.1) is 6.61 Å². The van der Waals surface area contributed by atoms with Gasteiger partial charge in [-0.1, -0.05) is 18.7 Å². The summed E-state index contributed by atoms with van der Waals surface area (Å²) in [7, 11) is 0. The molecule has 1 aromatic rings. The van der Waals surface area contributed by atoms with Crippen LogP contribution in [-0.4, -0.2) is 38.9 Å². The Morgan fingerprint density at radius 1 is 1.56 bits per heavy atom. The van der Waals surface area contributed by atoms with Crippen LogP contribution < -0.4 is 5.32 Å². The lowest BCUT2D eigenvalue weighted by atomic mass is 10.1. The largest absolute Gasteiger partial charge is 0.394 e. The summed E-state index contributed by atoms with van der Waals surface area (Å²) in [4.78, 5) is 4.29. The summed E-state index contributed by atoms with van der Waals surface area (Å²) < 4.78 is 5.10. The van der Waals surface area contributed by atoms with Gasteiger partial charge in [-0.15, -0.1) is 0 Å². The van der Waals surface area contributed by atoms with Crippen LogP contribution in [0.4, 0.5) is 0 Å². The third-order valence-electron chi connectivity index (χ3n) is 2.17. The van der Waals surface area contributed by atoms with E-state index < -0.39 is 0 Å². The van der Waals surface area contributed by atoms with Gasteiger partial charge in [-0.2, -0.15) is 4.37 Å². The third kappa shape index (κ3) is 4.37. The predicted octanol–water partition coefficient (Wildman–Crippen LogP) is 1.69. The molecule has 0 aliphatic carbocycles. The first-order valence-corrected chi connectivity index (χ1v) is 7.14. The van der Waals surface area contributed by atoms with E-state index in [0.717, 1.165) is 28.9 Å². The molecule has 0 aliphatic heterocycles. The predicted molar refractivity (Wildman–Crippen MR) is 69.2 cm³/mol. The van der Waals surface area contributed by atoms with Gasteiger partial charge >= 0.3 is 0 Å². The minimum Gasteiger partial charge on any atom is -0.394 e. The van der Waals surface area contributed by atoms with Crippen molar-refractivity contribution in [1.82, 2.24) is 14.7 Å². The number of nitrogens with zero attached hydrogens (tertiary/aromatic N) is 2.